The molecule has 2 N–H and O–H groups in total. The standard InChI is InChI=1S/C21H26N4O4/c1-4-5-10-25-18-17(20(28)24(3)21(25)29)15(19(27)23-18)11-16(26)22-12-14-8-6-13(2)7-9-14/h6-9,15H,4-5,10-12H2,1-3H3,(H,22,26)(H,23,27)/t15-/m0/s1. The van der Waals surface area contributed by atoms with Gasteiger partial charge in [0.1, 0.15) is 5.82 Å². The van der Waals surface area contributed by atoms with Gasteiger partial charge in [-0.1, -0.05) is 43.2 Å². The predicted octanol–water partition coefficient (Wildman–Crippen LogP) is 1.40. The van der Waals surface area contributed by atoms with Gasteiger partial charge in [0.2, 0.25) is 11.8 Å². The van der Waals surface area contributed by atoms with E-state index in [0.29, 0.717) is 13.1 Å². The Hall–Kier alpha value is -3.16. The minimum Gasteiger partial charge on any atom is -0.352 e. The summed E-state index contributed by atoms with van der Waals surface area (Å²) in [6, 6.07) is 7.77. The van der Waals surface area contributed by atoms with Crippen LogP contribution in [0.2, 0.25) is 0 Å². The molecule has 0 spiro atoms. The van der Waals surface area contributed by atoms with Crippen LogP contribution >= 0.6 is 0 Å². The van der Waals surface area contributed by atoms with E-state index in [4.69, 9.17) is 0 Å². The Morgan fingerprint density at radius 3 is 2.52 bits per heavy atom. The van der Waals surface area contributed by atoms with Gasteiger partial charge in [0.25, 0.3) is 5.56 Å². The third-order valence-corrected chi connectivity index (χ3v) is 5.22. The van der Waals surface area contributed by atoms with Crippen molar-refractivity contribution in [3.05, 3.63) is 61.8 Å². The monoisotopic (exact) mass is 398 g/mol. The summed E-state index contributed by atoms with van der Waals surface area (Å²) in [7, 11) is 1.39. The Bertz CT molecular complexity index is 1050. The maximum atomic E-state index is 12.7. The highest BCUT2D eigenvalue weighted by atomic mass is 16.2. The van der Waals surface area contributed by atoms with Gasteiger partial charge in [-0.15, -0.1) is 0 Å². The lowest BCUT2D eigenvalue weighted by atomic mass is 9.99. The molecule has 1 aliphatic heterocycles. The third-order valence-electron chi connectivity index (χ3n) is 5.22. The van der Waals surface area contributed by atoms with Crippen LogP contribution in [0.15, 0.2) is 33.9 Å². The van der Waals surface area contributed by atoms with Crippen molar-refractivity contribution in [2.24, 2.45) is 7.05 Å². The number of rotatable bonds is 7. The van der Waals surface area contributed by atoms with Crippen LogP contribution in [0, 0.1) is 6.92 Å². The van der Waals surface area contributed by atoms with Crippen molar-refractivity contribution >= 4 is 17.6 Å². The highest BCUT2D eigenvalue weighted by Gasteiger charge is 2.38. The average Bonchev–Trinajstić information content (AvgIpc) is 3.02. The SMILES string of the molecule is CCCCn1c2c(c(=O)n(C)c1=O)[C@H](CC(=O)NCc1ccc(C)cc1)C(=O)N2. The van der Waals surface area contributed by atoms with E-state index in [1.165, 1.54) is 11.6 Å². The molecule has 3 rings (SSSR count). The number of carbonyl (C=O) groups is 2. The number of carbonyl (C=O) groups excluding carboxylic acids is 2. The molecule has 0 radical (unpaired) electrons. The van der Waals surface area contributed by atoms with Crippen LogP contribution in [0.3, 0.4) is 0 Å². The smallest absolute Gasteiger partial charge is 0.332 e. The van der Waals surface area contributed by atoms with Crippen LogP contribution in [0.4, 0.5) is 5.82 Å². The lowest BCUT2D eigenvalue weighted by molar-refractivity contribution is -0.125. The van der Waals surface area contributed by atoms with Crippen molar-refractivity contribution < 1.29 is 9.59 Å². The topological polar surface area (TPSA) is 102 Å². The number of aromatic nitrogens is 2. The van der Waals surface area contributed by atoms with Crippen LogP contribution in [-0.2, 0) is 29.7 Å². The number of anilines is 1. The Balaban J connectivity index is 1.82. The molecule has 0 saturated heterocycles. The molecule has 0 unspecified atom stereocenters. The number of hydrogen-bond acceptors (Lipinski definition) is 4. The molecule has 0 saturated carbocycles. The van der Waals surface area contributed by atoms with Gasteiger partial charge < -0.3 is 10.6 Å². The molecule has 0 bridgehead atoms. The second-order valence-corrected chi connectivity index (χ2v) is 7.42. The fraction of sp³-hybridized carbons (Fsp3) is 0.429. The molecule has 2 amide bonds. The van der Waals surface area contributed by atoms with Crippen molar-refractivity contribution in [1.29, 1.82) is 0 Å². The van der Waals surface area contributed by atoms with Crippen LogP contribution in [0.1, 0.15) is 48.8 Å². The third kappa shape index (κ3) is 4.16. The lowest BCUT2D eigenvalue weighted by Crippen LogP contribution is -2.40. The van der Waals surface area contributed by atoms with E-state index in [-0.39, 0.29) is 23.7 Å². The highest BCUT2D eigenvalue weighted by molar-refractivity contribution is 6.03. The maximum Gasteiger partial charge on any atom is 0.332 e. The number of amides is 2. The molecular weight excluding hydrogens is 372 g/mol. The van der Waals surface area contributed by atoms with Crippen molar-refractivity contribution in [2.75, 3.05) is 5.32 Å². The summed E-state index contributed by atoms with van der Waals surface area (Å²) >= 11 is 0. The fourth-order valence-corrected chi connectivity index (χ4v) is 3.46. The maximum absolute atomic E-state index is 12.7. The van der Waals surface area contributed by atoms with Gasteiger partial charge in [-0.2, -0.15) is 0 Å². The van der Waals surface area contributed by atoms with Gasteiger partial charge in [0.15, 0.2) is 0 Å². The van der Waals surface area contributed by atoms with Crippen LogP contribution in [0.25, 0.3) is 0 Å². The molecule has 154 valence electrons. The summed E-state index contributed by atoms with van der Waals surface area (Å²) in [5, 5.41) is 5.44. The minimum atomic E-state index is -0.907. The summed E-state index contributed by atoms with van der Waals surface area (Å²) in [5.74, 6) is -1.44. The first-order valence-electron chi connectivity index (χ1n) is 9.80. The van der Waals surface area contributed by atoms with Crippen molar-refractivity contribution in [1.82, 2.24) is 14.5 Å². The first kappa shape index (κ1) is 20.6. The second-order valence-electron chi connectivity index (χ2n) is 7.42. The summed E-state index contributed by atoms with van der Waals surface area (Å²) < 4.78 is 2.42. The molecule has 2 heterocycles. The van der Waals surface area contributed by atoms with Crippen molar-refractivity contribution in [2.45, 2.75) is 52.1 Å². The highest BCUT2D eigenvalue weighted by Crippen LogP contribution is 2.31. The zero-order valence-electron chi connectivity index (χ0n) is 16.9. The Morgan fingerprint density at radius 2 is 1.86 bits per heavy atom. The summed E-state index contributed by atoms with van der Waals surface area (Å²) in [4.78, 5) is 50.1. The lowest BCUT2D eigenvalue weighted by Gasteiger charge is -2.14. The van der Waals surface area contributed by atoms with Gasteiger partial charge in [-0.25, -0.2) is 4.79 Å². The van der Waals surface area contributed by atoms with Crippen LogP contribution < -0.4 is 21.9 Å². The van der Waals surface area contributed by atoms with Crippen LogP contribution in [0.5, 0.6) is 0 Å². The quantitative estimate of drug-likeness (QED) is 0.736. The Kier molecular flexibility index (Phi) is 6.00. The molecule has 2 aromatic rings. The largest absolute Gasteiger partial charge is 0.352 e. The van der Waals surface area contributed by atoms with Crippen molar-refractivity contribution in [3.63, 3.8) is 0 Å². The van der Waals surface area contributed by atoms with Gasteiger partial charge in [0, 0.05) is 26.6 Å². The number of hydrogen-bond donors (Lipinski definition) is 2. The van der Waals surface area contributed by atoms with E-state index >= 15 is 0 Å². The normalized spacial score (nSPS) is 15.1. The molecular formula is C21H26N4O4. The molecule has 1 aromatic carbocycles. The number of nitrogens with zero attached hydrogens (tertiary/aromatic N) is 2. The van der Waals surface area contributed by atoms with E-state index in [1.54, 1.807) is 0 Å². The number of unbranched alkanes of at least 4 members (excludes halogenated alkanes) is 1. The van der Waals surface area contributed by atoms with Gasteiger partial charge >= 0.3 is 5.69 Å². The number of fused-ring (bicyclic) bond motifs is 1. The summed E-state index contributed by atoms with van der Waals surface area (Å²) in [5.41, 5.74) is 1.27. The van der Waals surface area contributed by atoms with E-state index < -0.39 is 23.1 Å². The van der Waals surface area contributed by atoms with E-state index in [0.717, 1.165) is 28.5 Å². The van der Waals surface area contributed by atoms with Gasteiger partial charge in [-0.05, 0) is 18.9 Å². The summed E-state index contributed by atoms with van der Waals surface area (Å²) in [6.07, 6.45) is 1.46. The average molecular weight is 398 g/mol. The molecule has 8 nitrogen and oxygen atoms in total. The second kappa shape index (κ2) is 8.46. The minimum absolute atomic E-state index is 0.147. The molecule has 29 heavy (non-hydrogen) atoms. The van der Waals surface area contributed by atoms with Gasteiger partial charge in [-0.3, -0.25) is 23.5 Å². The van der Waals surface area contributed by atoms with E-state index in [2.05, 4.69) is 10.6 Å². The molecule has 8 heteroatoms. The van der Waals surface area contributed by atoms with Crippen LogP contribution in [-0.4, -0.2) is 20.9 Å². The fourth-order valence-electron chi connectivity index (χ4n) is 3.46. The van der Waals surface area contributed by atoms with E-state index in [9.17, 15) is 19.2 Å². The molecule has 1 atom stereocenters. The number of benzene rings is 1. The molecule has 0 fully saturated rings. The van der Waals surface area contributed by atoms with Crippen molar-refractivity contribution in [3.8, 4) is 0 Å². The first-order chi connectivity index (χ1) is 13.8. The van der Waals surface area contributed by atoms with Gasteiger partial charge in [0.05, 0.1) is 11.5 Å². The zero-order valence-corrected chi connectivity index (χ0v) is 16.9. The Labute approximate surface area is 168 Å². The molecule has 0 aliphatic carbocycles. The molecule has 1 aliphatic rings. The predicted molar refractivity (Wildman–Crippen MR) is 110 cm³/mol. The number of aryl methyl sites for hydroxylation is 1. The number of nitrogens with one attached hydrogen (secondary N) is 2. The first-order valence-corrected chi connectivity index (χ1v) is 9.80. The zero-order chi connectivity index (χ0) is 21.1. The Morgan fingerprint density at radius 1 is 1.17 bits per heavy atom. The summed E-state index contributed by atoms with van der Waals surface area (Å²) in [6.45, 7) is 4.72. The molecule has 1 aromatic heterocycles. The van der Waals surface area contributed by atoms with E-state index in [1.807, 2.05) is 38.1 Å².